The lowest BCUT2D eigenvalue weighted by Gasteiger charge is -2.03. The zero-order valence-electron chi connectivity index (χ0n) is 12.9. The maximum atomic E-state index is 12.2. The summed E-state index contributed by atoms with van der Waals surface area (Å²) in [7, 11) is 1.58. The first-order valence-electron chi connectivity index (χ1n) is 7.23. The molecule has 0 spiro atoms. The van der Waals surface area contributed by atoms with Crippen LogP contribution in [0.2, 0.25) is 5.02 Å². The molecule has 1 N–H and O–H groups in total. The standard InChI is InChI=1S/C15H11ClN6O3/c1-21-6-17-13-12(14(21)24)22(7-18-13)5-11(23)20-15-19-9-3-2-8(16)4-10(9)25-15/h2-4,6-7H,5H2,1H3,(H,19,20,23). The number of nitrogens with zero attached hydrogens (tertiary/aromatic N) is 5. The fraction of sp³-hybridized carbons (Fsp3) is 0.133. The lowest BCUT2D eigenvalue weighted by Crippen LogP contribution is -2.23. The van der Waals surface area contributed by atoms with Crippen LogP contribution < -0.4 is 10.9 Å². The van der Waals surface area contributed by atoms with Gasteiger partial charge in [-0.05, 0) is 12.1 Å². The first kappa shape index (κ1) is 15.3. The van der Waals surface area contributed by atoms with E-state index in [0.717, 1.165) is 0 Å². The van der Waals surface area contributed by atoms with Crippen molar-refractivity contribution in [2.75, 3.05) is 5.32 Å². The SMILES string of the molecule is Cn1cnc2ncn(CC(=O)Nc3nc4ccc(Cl)cc4o3)c2c1=O. The van der Waals surface area contributed by atoms with Crippen LogP contribution in [-0.2, 0) is 18.4 Å². The minimum Gasteiger partial charge on any atom is -0.423 e. The van der Waals surface area contributed by atoms with Crippen molar-refractivity contribution >= 4 is 45.8 Å². The van der Waals surface area contributed by atoms with Gasteiger partial charge in [-0.1, -0.05) is 11.6 Å². The topological polar surface area (TPSA) is 108 Å². The monoisotopic (exact) mass is 358 g/mol. The number of anilines is 1. The Morgan fingerprint density at radius 2 is 2.12 bits per heavy atom. The van der Waals surface area contributed by atoms with Gasteiger partial charge < -0.3 is 13.6 Å². The van der Waals surface area contributed by atoms with Gasteiger partial charge in [0.05, 0.1) is 12.7 Å². The highest BCUT2D eigenvalue weighted by atomic mass is 35.5. The van der Waals surface area contributed by atoms with Crippen molar-refractivity contribution in [3.63, 3.8) is 0 Å². The van der Waals surface area contributed by atoms with E-state index in [0.29, 0.717) is 16.1 Å². The Morgan fingerprint density at radius 3 is 2.96 bits per heavy atom. The smallest absolute Gasteiger partial charge is 0.302 e. The molecule has 3 heterocycles. The lowest BCUT2D eigenvalue weighted by molar-refractivity contribution is -0.116. The Bertz CT molecular complexity index is 1180. The number of carbonyl (C=O) groups is 1. The number of hydrogen-bond donors (Lipinski definition) is 1. The molecule has 4 rings (SSSR count). The van der Waals surface area contributed by atoms with Crippen LogP contribution >= 0.6 is 11.6 Å². The van der Waals surface area contributed by atoms with E-state index in [-0.39, 0.29) is 29.3 Å². The Hall–Kier alpha value is -3.20. The number of benzene rings is 1. The first-order valence-corrected chi connectivity index (χ1v) is 7.61. The number of amides is 1. The molecule has 4 aromatic rings. The number of rotatable bonds is 3. The van der Waals surface area contributed by atoms with Gasteiger partial charge in [-0.15, -0.1) is 0 Å². The highest BCUT2D eigenvalue weighted by Gasteiger charge is 2.14. The van der Waals surface area contributed by atoms with Gasteiger partial charge in [0.15, 0.2) is 16.7 Å². The Labute approximate surface area is 144 Å². The number of aromatic nitrogens is 5. The molecule has 25 heavy (non-hydrogen) atoms. The van der Waals surface area contributed by atoms with Crippen molar-refractivity contribution in [3.8, 4) is 0 Å². The van der Waals surface area contributed by atoms with Gasteiger partial charge in [-0.3, -0.25) is 14.9 Å². The van der Waals surface area contributed by atoms with Crippen LogP contribution in [0.15, 0.2) is 40.1 Å². The van der Waals surface area contributed by atoms with E-state index >= 15 is 0 Å². The minimum absolute atomic E-state index is 0.0534. The normalized spacial score (nSPS) is 11.3. The fourth-order valence-corrected chi connectivity index (χ4v) is 2.59. The second-order valence-electron chi connectivity index (χ2n) is 5.38. The van der Waals surface area contributed by atoms with Crippen molar-refractivity contribution in [1.82, 2.24) is 24.1 Å². The number of hydrogen-bond acceptors (Lipinski definition) is 6. The summed E-state index contributed by atoms with van der Waals surface area (Å²) in [6.07, 6.45) is 2.77. The molecular weight excluding hydrogens is 348 g/mol. The molecule has 1 aromatic carbocycles. The van der Waals surface area contributed by atoms with Crippen LogP contribution in [0, 0.1) is 0 Å². The summed E-state index contributed by atoms with van der Waals surface area (Å²) in [5, 5.41) is 3.06. The fourth-order valence-electron chi connectivity index (χ4n) is 2.43. The predicted molar refractivity (Wildman–Crippen MR) is 90.4 cm³/mol. The predicted octanol–water partition coefficient (Wildman–Crippen LogP) is 1.56. The summed E-state index contributed by atoms with van der Waals surface area (Å²) in [5.74, 6) is -0.414. The first-order chi connectivity index (χ1) is 12.0. The Balaban J connectivity index is 1.59. The van der Waals surface area contributed by atoms with E-state index in [9.17, 15) is 9.59 Å². The summed E-state index contributed by atoms with van der Waals surface area (Å²) < 4.78 is 8.19. The molecule has 0 aliphatic heterocycles. The van der Waals surface area contributed by atoms with Gasteiger partial charge in [-0.2, -0.15) is 4.98 Å². The van der Waals surface area contributed by atoms with E-state index in [1.165, 1.54) is 21.8 Å². The number of aryl methyl sites for hydroxylation is 1. The molecule has 0 fully saturated rings. The van der Waals surface area contributed by atoms with E-state index in [2.05, 4.69) is 20.3 Å². The molecule has 0 saturated heterocycles. The third-order valence-corrected chi connectivity index (χ3v) is 3.84. The van der Waals surface area contributed by atoms with Gasteiger partial charge in [-0.25, -0.2) is 9.97 Å². The molecule has 9 nitrogen and oxygen atoms in total. The maximum Gasteiger partial charge on any atom is 0.302 e. The van der Waals surface area contributed by atoms with Gasteiger partial charge in [0, 0.05) is 18.1 Å². The molecule has 0 unspecified atom stereocenters. The zero-order chi connectivity index (χ0) is 17.6. The van der Waals surface area contributed by atoms with E-state index in [1.54, 1.807) is 25.2 Å². The van der Waals surface area contributed by atoms with E-state index in [1.807, 2.05) is 0 Å². The minimum atomic E-state index is -0.414. The maximum absolute atomic E-state index is 12.2. The van der Waals surface area contributed by atoms with Crippen molar-refractivity contribution in [2.24, 2.45) is 7.05 Å². The van der Waals surface area contributed by atoms with E-state index < -0.39 is 5.91 Å². The number of fused-ring (bicyclic) bond motifs is 2. The van der Waals surface area contributed by atoms with Gasteiger partial charge in [0.25, 0.3) is 5.56 Å². The van der Waals surface area contributed by atoms with Crippen molar-refractivity contribution in [1.29, 1.82) is 0 Å². The molecular formula is C15H11ClN6O3. The zero-order valence-corrected chi connectivity index (χ0v) is 13.7. The largest absolute Gasteiger partial charge is 0.423 e. The molecule has 3 aromatic heterocycles. The molecule has 0 radical (unpaired) electrons. The van der Waals surface area contributed by atoms with Crippen molar-refractivity contribution < 1.29 is 9.21 Å². The Morgan fingerprint density at radius 1 is 1.32 bits per heavy atom. The Kier molecular flexibility index (Phi) is 3.50. The molecule has 0 saturated carbocycles. The third kappa shape index (κ3) is 2.74. The van der Waals surface area contributed by atoms with Crippen LogP contribution in [0.1, 0.15) is 0 Å². The second kappa shape index (κ2) is 5.71. The lowest BCUT2D eigenvalue weighted by atomic mass is 10.3. The van der Waals surface area contributed by atoms with Crippen LogP contribution in [0.3, 0.4) is 0 Å². The molecule has 0 atom stereocenters. The van der Waals surface area contributed by atoms with Gasteiger partial charge in [0.2, 0.25) is 5.91 Å². The highest BCUT2D eigenvalue weighted by Crippen LogP contribution is 2.22. The molecule has 10 heteroatoms. The average Bonchev–Trinajstić information content (AvgIpc) is 3.14. The van der Waals surface area contributed by atoms with Gasteiger partial charge in [0.1, 0.15) is 12.1 Å². The number of oxazole rings is 1. The average molecular weight is 359 g/mol. The van der Waals surface area contributed by atoms with Crippen LogP contribution in [-0.4, -0.2) is 30.0 Å². The van der Waals surface area contributed by atoms with Gasteiger partial charge >= 0.3 is 6.01 Å². The third-order valence-electron chi connectivity index (χ3n) is 3.61. The van der Waals surface area contributed by atoms with E-state index in [4.69, 9.17) is 16.0 Å². The summed E-state index contributed by atoms with van der Waals surface area (Å²) in [5.41, 5.74) is 1.29. The summed E-state index contributed by atoms with van der Waals surface area (Å²) >= 11 is 5.89. The number of imidazole rings is 1. The number of carbonyl (C=O) groups excluding carboxylic acids is 1. The molecule has 0 aliphatic rings. The molecule has 0 aliphatic carbocycles. The molecule has 1 amide bonds. The van der Waals surface area contributed by atoms with Crippen LogP contribution in [0.5, 0.6) is 0 Å². The summed E-state index contributed by atoms with van der Waals surface area (Å²) in [4.78, 5) is 36.7. The van der Waals surface area contributed by atoms with Crippen LogP contribution in [0.25, 0.3) is 22.3 Å². The molecule has 126 valence electrons. The summed E-state index contributed by atoms with van der Waals surface area (Å²) in [6.45, 7) is -0.128. The molecule has 0 bridgehead atoms. The van der Waals surface area contributed by atoms with Crippen LogP contribution in [0.4, 0.5) is 6.01 Å². The highest BCUT2D eigenvalue weighted by molar-refractivity contribution is 6.31. The van der Waals surface area contributed by atoms with Crippen molar-refractivity contribution in [2.45, 2.75) is 6.54 Å². The second-order valence-corrected chi connectivity index (χ2v) is 5.82. The number of nitrogens with one attached hydrogen (secondary N) is 1. The quantitative estimate of drug-likeness (QED) is 0.595. The number of halogens is 1. The van der Waals surface area contributed by atoms with Crippen molar-refractivity contribution in [3.05, 3.63) is 46.2 Å². The summed E-state index contributed by atoms with van der Waals surface area (Å²) in [6, 6.07) is 5.03.